The summed E-state index contributed by atoms with van der Waals surface area (Å²) in [5.74, 6) is 0.133. The van der Waals surface area contributed by atoms with E-state index in [4.69, 9.17) is 17.3 Å². The smallest absolute Gasteiger partial charge is 0.253 e. The van der Waals surface area contributed by atoms with Gasteiger partial charge in [-0.3, -0.25) is 4.79 Å². The van der Waals surface area contributed by atoms with Gasteiger partial charge in [-0.1, -0.05) is 25.4 Å². The normalized spacial score (nSPS) is 21.8. The molecule has 1 unspecified atom stereocenters. The third kappa shape index (κ3) is 2.93. The van der Waals surface area contributed by atoms with E-state index in [1.165, 1.54) is 12.3 Å². The number of hydrogen-bond donors (Lipinski definition) is 2. The maximum absolute atomic E-state index is 12.1. The van der Waals surface area contributed by atoms with Crippen molar-refractivity contribution in [2.75, 3.05) is 5.73 Å². The Balaban J connectivity index is 2.06. The van der Waals surface area contributed by atoms with Gasteiger partial charge in [0.15, 0.2) is 0 Å². The van der Waals surface area contributed by atoms with E-state index in [1.807, 2.05) is 0 Å². The van der Waals surface area contributed by atoms with Crippen molar-refractivity contribution in [2.24, 2.45) is 5.41 Å². The average molecular weight is 268 g/mol. The van der Waals surface area contributed by atoms with Gasteiger partial charge < -0.3 is 11.1 Å². The Hall–Kier alpha value is -1.29. The summed E-state index contributed by atoms with van der Waals surface area (Å²) in [5, 5.41) is 3.34. The molecule has 1 amide bonds. The number of aromatic nitrogens is 1. The maximum Gasteiger partial charge on any atom is 0.253 e. The Bertz CT molecular complexity index is 473. The number of nitrogens with one attached hydrogen (secondary N) is 1. The quantitative estimate of drug-likeness (QED) is 0.866. The number of anilines is 1. The molecule has 1 aliphatic carbocycles. The van der Waals surface area contributed by atoms with Gasteiger partial charge in [0.05, 0.1) is 10.6 Å². The molecule has 2 rings (SSSR count). The Morgan fingerprint density at radius 2 is 2.33 bits per heavy atom. The topological polar surface area (TPSA) is 68.0 Å². The molecule has 98 valence electrons. The monoisotopic (exact) mass is 267 g/mol. The number of halogens is 1. The summed E-state index contributed by atoms with van der Waals surface area (Å²) >= 11 is 5.95. The van der Waals surface area contributed by atoms with E-state index in [9.17, 15) is 4.79 Å². The van der Waals surface area contributed by atoms with Gasteiger partial charge in [-0.05, 0) is 30.7 Å². The molecule has 0 aromatic carbocycles. The lowest BCUT2D eigenvalue weighted by Gasteiger charge is -2.18. The highest BCUT2D eigenvalue weighted by molar-refractivity contribution is 6.33. The minimum absolute atomic E-state index is 0.170. The van der Waals surface area contributed by atoms with Crippen LogP contribution in [-0.2, 0) is 0 Å². The molecule has 4 nitrogen and oxygen atoms in total. The molecule has 0 aliphatic heterocycles. The molecule has 3 N–H and O–H groups in total. The zero-order chi connectivity index (χ0) is 13.3. The van der Waals surface area contributed by atoms with Crippen molar-refractivity contribution in [1.82, 2.24) is 10.3 Å². The van der Waals surface area contributed by atoms with Crippen molar-refractivity contribution in [3.05, 3.63) is 22.8 Å². The van der Waals surface area contributed by atoms with Crippen molar-refractivity contribution >= 4 is 23.3 Å². The second-order valence-electron chi connectivity index (χ2n) is 5.67. The van der Waals surface area contributed by atoms with Crippen LogP contribution < -0.4 is 11.1 Å². The number of nitrogens with zero attached hydrogens (tertiary/aromatic N) is 1. The van der Waals surface area contributed by atoms with E-state index in [0.717, 1.165) is 19.3 Å². The number of carbonyl (C=O) groups excluding carboxylic acids is 1. The Morgan fingerprint density at radius 1 is 1.61 bits per heavy atom. The molecule has 0 radical (unpaired) electrons. The van der Waals surface area contributed by atoms with E-state index in [1.54, 1.807) is 0 Å². The number of amides is 1. The van der Waals surface area contributed by atoms with Gasteiger partial charge in [-0.2, -0.15) is 0 Å². The minimum Gasteiger partial charge on any atom is -0.384 e. The summed E-state index contributed by atoms with van der Waals surface area (Å²) in [6.07, 6.45) is 4.54. The van der Waals surface area contributed by atoms with Crippen molar-refractivity contribution in [1.29, 1.82) is 0 Å². The lowest BCUT2D eigenvalue weighted by Crippen LogP contribution is -2.33. The summed E-state index contributed by atoms with van der Waals surface area (Å²) in [4.78, 5) is 15.9. The van der Waals surface area contributed by atoms with Gasteiger partial charge in [0, 0.05) is 12.2 Å². The summed E-state index contributed by atoms with van der Waals surface area (Å²) in [6.45, 7) is 4.44. The SMILES string of the molecule is CC1(C)CCC(NC(=O)c2cc(N)ncc2Cl)C1. The summed E-state index contributed by atoms with van der Waals surface area (Å²) in [7, 11) is 0. The molecule has 1 fully saturated rings. The fraction of sp³-hybridized carbons (Fsp3) is 0.538. The van der Waals surface area contributed by atoms with Gasteiger partial charge in [0.1, 0.15) is 5.82 Å². The first-order valence-electron chi connectivity index (χ1n) is 6.09. The van der Waals surface area contributed by atoms with Gasteiger partial charge >= 0.3 is 0 Å². The van der Waals surface area contributed by atoms with Gasteiger partial charge in [0.25, 0.3) is 5.91 Å². The molecule has 1 atom stereocenters. The first kappa shape index (κ1) is 13.1. The van der Waals surface area contributed by atoms with Crippen LogP contribution in [0.2, 0.25) is 5.02 Å². The zero-order valence-electron chi connectivity index (χ0n) is 10.7. The van der Waals surface area contributed by atoms with Gasteiger partial charge in [0.2, 0.25) is 0 Å². The Kier molecular flexibility index (Phi) is 3.48. The summed E-state index contributed by atoms with van der Waals surface area (Å²) in [6, 6.07) is 1.73. The fourth-order valence-corrected chi connectivity index (χ4v) is 2.64. The van der Waals surface area contributed by atoms with Crippen molar-refractivity contribution < 1.29 is 4.79 Å². The predicted molar refractivity (Wildman–Crippen MR) is 72.5 cm³/mol. The lowest BCUT2D eigenvalue weighted by atomic mass is 9.92. The molecular weight excluding hydrogens is 250 g/mol. The molecular formula is C13H18ClN3O. The number of nitrogens with two attached hydrogens (primary N) is 1. The molecule has 0 bridgehead atoms. The number of pyridine rings is 1. The van der Waals surface area contributed by atoms with Crippen LogP contribution in [0.5, 0.6) is 0 Å². The van der Waals surface area contributed by atoms with Crippen LogP contribution in [0.25, 0.3) is 0 Å². The number of carbonyl (C=O) groups is 1. The highest BCUT2D eigenvalue weighted by Gasteiger charge is 2.32. The highest BCUT2D eigenvalue weighted by atomic mass is 35.5. The molecule has 1 aromatic rings. The van der Waals surface area contributed by atoms with Crippen LogP contribution in [-0.4, -0.2) is 16.9 Å². The third-order valence-corrected chi connectivity index (χ3v) is 3.73. The van der Waals surface area contributed by atoms with Crippen molar-refractivity contribution in [3.63, 3.8) is 0 Å². The first-order valence-corrected chi connectivity index (χ1v) is 6.47. The zero-order valence-corrected chi connectivity index (χ0v) is 11.4. The molecule has 1 saturated carbocycles. The van der Waals surface area contributed by atoms with Crippen molar-refractivity contribution in [3.8, 4) is 0 Å². The van der Waals surface area contributed by atoms with Crippen LogP contribution in [0.15, 0.2) is 12.3 Å². The van der Waals surface area contributed by atoms with Crippen LogP contribution in [0, 0.1) is 5.41 Å². The third-order valence-electron chi connectivity index (χ3n) is 3.42. The van der Waals surface area contributed by atoms with E-state index < -0.39 is 0 Å². The van der Waals surface area contributed by atoms with E-state index in [2.05, 4.69) is 24.1 Å². The average Bonchev–Trinajstić information content (AvgIpc) is 2.61. The number of nitrogen functional groups attached to an aromatic ring is 1. The number of hydrogen-bond acceptors (Lipinski definition) is 3. The molecule has 1 aliphatic rings. The van der Waals surface area contributed by atoms with E-state index >= 15 is 0 Å². The highest BCUT2D eigenvalue weighted by Crippen LogP contribution is 2.37. The van der Waals surface area contributed by atoms with E-state index in [0.29, 0.717) is 21.8 Å². The predicted octanol–water partition coefficient (Wildman–Crippen LogP) is 2.63. The number of rotatable bonds is 2. The van der Waals surface area contributed by atoms with Crippen LogP contribution in [0.3, 0.4) is 0 Å². The lowest BCUT2D eigenvalue weighted by molar-refractivity contribution is 0.0936. The van der Waals surface area contributed by atoms with Crippen molar-refractivity contribution in [2.45, 2.75) is 39.2 Å². The van der Waals surface area contributed by atoms with Crippen LogP contribution >= 0.6 is 11.6 Å². The van der Waals surface area contributed by atoms with Crippen LogP contribution in [0.1, 0.15) is 43.5 Å². The second-order valence-corrected chi connectivity index (χ2v) is 6.07. The van der Waals surface area contributed by atoms with Gasteiger partial charge in [-0.25, -0.2) is 4.98 Å². The largest absolute Gasteiger partial charge is 0.384 e. The van der Waals surface area contributed by atoms with E-state index in [-0.39, 0.29) is 11.9 Å². The molecule has 0 spiro atoms. The molecule has 1 aromatic heterocycles. The minimum atomic E-state index is -0.170. The first-order chi connectivity index (χ1) is 8.37. The summed E-state index contributed by atoms with van der Waals surface area (Å²) < 4.78 is 0. The molecule has 5 heteroatoms. The molecule has 1 heterocycles. The fourth-order valence-electron chi connectivity index (χ4n) is 2.45. The molecule has 18 heavy (non-hydrogen) atoms. The summed E-state index contributed by atoms with van der Waals surface area (Å²) in [5.41, 5.74) is 6.27. The molecule has 0 saturated heterocycles. The Morgan fingerprint density at radius 3 is 2.94 bits per heavy atom. The Labute approximate surface area is 112 Å². The van der Waals surface area contributed by atoms with Crippen LogP contribution in [0.4, 0.5) is 5.82 Å². The van der Waals surface area contributed by atoms with Gasteiger partial charge in [-0.15, -0.1) is 0 Å². The maximum atomic E-state index is 12.1. The standard InChI is InChI=1S/C13H18ClN3O/c1-13(2)4-3-8(6-13)17-12(18)9-5-11(15)16-7-10(9)14/h5,7-8H,3-4,6H2,1-2H3,(H2,15,16)(H,17,18). The second kappa shape index (κ2) is 4.76.